The van der Waals surface area contributed by atoms with Crippen molar-refractivity contribution in [1.29, 1.82) is 5.26 Å². The van der Waals surface area contributed by atoms with E-state index in [1.807, 2.05) is 19.2 Å². The number of benzene rings is 2. The fourth-order valence-corrected chi connectivity index (χ4v) is 4.81. The molecule has 5 rings (SSSR count). The van der Waals surface area contributed by atoms with Gasteiger partial charge in [-0.25, -0.2) is 9.97 Å². The Morgan fingerprint density at radius 2 is 1.84 bits per heavy atom. The van der Waals surface area contributed by atoms with Gasteiger partial charge in [-0.2, -0.15) is 5.26 Å². The van der Waals surface area contributed by atoms with Crippen LogP contribution in [0.25, 0.3) is 11.2 Å². The smallest absolute Gasteiger partial charge is 0.160 e. The molecule has 0 amide bonds. The van der Waals surface area contributed by atoms with Crippen molar-refractivity contribution in [3.63, 3.8) is 0 Å². The Balaban J connectivity index is 1.58. The molecule has 1 aliphatic heterocycles. The third kappa shape index (κ3) is 3.33. The van der Waals surface area contributed by atoms with E-state index in [4.69, 9.17) is 4.98 Å². The van der Waals surface area contributed by atoms with Crippen LogP contribution in [-0.4, -0.2) is 20.6 Å². The van der Waals surface area contributed by atoms with Gasteiger partial charge in [0.2, 0.25) is 0 Å². The summed E-state index contributed by atoms with van der Waals surface area (Å²) in [6, 6.07) is 19.3. The van der Waals surface area contributed by atoms with E-state index in [1.54, 1.807) is 0 Å². The lowest BCUT2D eigenvalue weighted by molar-refractivity contribution is 0.744. The van der Waals surface area contributed by atoms with Crippen LogP contribution in [0.3, 0.4) is 0 Å². The zero-order valence-corrected chi connectivity index (χ0v) is 18.8. The average molecular weight is 422 g/mol. The van der Waals surface area contributed by atoms with Crippen molar-refractivity contribution in [3.8, 4) is 6.07 Å². The van der Waals surface area contributed by atoms with Gasteiger partial charge in [-0.3, -0.25) is 0 Å². The van der Waals surface area contributed by atoms with E-state index in [-0.39, 0.29) is 6.04 Å². The van der Waals surface area contributed by atoms with Crippen molar-refractivity contribution in [2.45, 2.75) is 52.6 Å². The summed E-state index contributed by atoms with van der Waals surface area (Å²) in [6.07, 6.45) is 4.65. The summed E-state index contributed by atoms with van der Waals surface area (Å²) in [5.74, 6) is 1.06. The SMILES string of the molecule is CCc1nc2c(C)ccnc2n1Cc1ccc2c(c1)CCc1ccccc1N2C(C)C#N. The third-order valence-corrected chi connectivity index (χ3v) is 6.46. The lowest BCUT2D eigenvalue weighted by Crippen LogP contribution is -2.27. The quantitative estimate of drug-likeness (QED) is 0.437. The largest absolute Gasteiger partial charge is 0.325 e. The first-order chi connectivity index (χ1) is 15.6. The number of aryl methyl sites for hydroxylation is 4. The van der Waals surface area contributed by atoms with Gasteiger partial charge in [0.15, 0.2) is 5.65 Å². The molecule has 0 saturated carbocycles. The first-order valence-electron chi connectivity index (χ1n) is 11.3. The Morgan fingerprint density at radius 1 is 1.06 bits per heavy atom. The van der Waals surface area contributed by atoms with E-state index >= 15 is 0 Å². The van der Waals surface area contributed by atoms with Gasteiger partial charge in [-0.1, -0.05) is 37.3 Å². The number of imidazole rings is 1. The highest BCUT2D eigenvalue weighted by Crippen LogP contribution is 2.38. The second kappa shape index (κ2) is 8.12. The minimum absolute atomic E-state index is 0.240. The lowest BCUT2D eigenvalue weighted by atomic mass is 10.0. The number of rotatable bonds is 4. The summed E-state index contributed by atoms with van der Waals surface area (Å²) in [7, 11) is 0. The molecule has 3 heterocycles. The van der Waals surface area contributed by atoms with Gasteiger partial charge in [0, 0.05) is 24.0 Å². The van der Waals surface area contributed by atoms with Gasteiger partial charge >= 0.3 is 0 Å². The van der Waals surface area contributed by atoms with Crippen LogP contribution in [0.1, 0.15) is 41.9 Å². The molecule has 2 aromatic carbocycles. The van der Waals surface area contributed by atoms with Gasteiger partial charge < -0.3 is 9.47 Å². The maximum Gasteiger partial charge on any atom is 0.160 e. The average Bonchev–Trinajstić information content (AvgIpc) is 3.09. The van der Waals surface area contributed by atoms with E-state index in [1.165, 1.54) is 16.7 Å². The highest BCUT2D eigenvalue weighted by atomic mass is 15.2. The highest BCUT2D eigenvalue weighted by Gasteiger charge is 2.25. The summed E-state index contributed by atoms with van der Waals surface area (Å²) in [6.45, 7) is 6.94. The molecule has 4 aromatic rings. The number of pyridine rings is 1. The molecule has 160 valence electrons. The molecule has 5 nitrogen and oxygen atoms in total. The third-order valence-electron chi connectivity index (χ3n) is 6.46. The summed E-state index contributed by atoms with van der Waals surface area (Å²) in [4.78, 5) is 11.7. The maximum absolute atomic E-state index is 9.73. The molecule has 32 heavy (non-hydrogen) atoms. The predicted molar refractivity (Wildman–Crippen MR) is 128 cm³/mol. The Hall–Kier alpha value is -3.65. The second-order valence-corrected chi connectivity index (χ2v) is 8.53. The Labute approximate surface area is 189 Å². The highest BCUT2D eigenvalue weighted by molar-refractivity contribution is 5.76. The number of anilines is 2. The first-order valence-corrected chi connectivity index (χ1v) is 11.3. The summed E-state index contributed by atoms with van der Waals surface area (Å²) in [5.41, 5.74) is 9.18. The molecule has 2 aromatic heterocycles. The molecule has 0 spiro atoms. The van der Waals surface area contributed by atoms with Crippen molar-refractivity contribution in [2.24, 2.45) is 0 Å². The number of fused-ring (bicyclic) bond motifs is 3. The number of hydrogen-bond acceptors (Lipinski definition) is 4. The number of hydrogen-bond donors (Lipinski definition) is 0. The van der Waals surface area contributed by atoms with Crippen molar-refractivity contribution in [1.82, 2.24) is 14.5 Å². The normalized spacial score (nSPS) is 13.9. The summed E-state index contributed by atoms with van der Waals surface area (Å²) < 4.78 is 2.24. The van der Waals surface area contributed by atoms with Gasteiger partial charge in [-0.15, -0.1) is 0 Å². The molecule has 5 heteroatoms. The fraction of sp³-hybridized carbons (Fsp3) is 0.296. The van der Waals surface area contributed by atoms with Crippen molar-refractivity contribution < 1.29 is 0 Å². The summed E-state index contributed by atoms with van der Waals surface area (Å²) >= 11 is 0. The number of aromatic nitrogens is 3. The molecule has 1 aliphatic rings. The van der Waals surface area contributed by atoms with Crippen molar-refractivity contribution in [2.75, 3.05) is 4.90 Å². The second-order valence-electron chi connectivity index (χ2n) is 8.53. The van der Waals surface area contributed by atoms with E-state index < -0.39 is 0 Å². The summed E-state index contributed by atoms with van der Waals surface area (Å²) in [5, 5.41) is 9.73. The van der Waals surface area contributed by atoms with Crippen LogP contribution in [0, 0.1) is 18.3 Å². The van der Waals surface area contributed by atoms with Gasteiger partial charge in [-0.05, 0) is 67.1 Å². The zero-order valence-electron chi connectivity index (χ0n) is 18.8. The van der Waals surface area contributed by atoms with E-state index in [0.717, 1.165) is 59.7 Å². The monoisotopic (exact) mass is 421 g/mol. The molecule has 1 atom stereocenters. The van der Waals surface area contributed by atoms with Crippen LogP contribution in [0.5, 0.6) is 0 Å². The van der Waals surface area contributed by atoms with Gasteiger partial charge in [0.25, 0.3) is 0 Å². The molecular formula is C27H27N5. The van der Waals surface area contributed by atoms with Crippen molar-refractivity contribution in [3.05, 3.63) is 82.8 Å². The molecular weight excluding hydrogens is 394 g/mol. The molecule has 0 radical (unpaired) electrons. The zero-order chi connectivity index (χ0) is 22.2. The van der Waals surface area contributed by atoms with Crippen LogP contribution in [0.2, 0.25) is 0 Å². The van der Waals surface area contributed by atoms with Crippen LogP contribution in [0.4, 0.5) is 11.4 Å². The number of nitriles is 1. The van der Waals surface area contributed by atoms with E-state index in [2.05, 4.69) is 76.8 Å². The number of nitrogens with zero attached hydrogens (tertiary/aromatic N) is 5. The first kappa shape index (κ1) is 20.3. The van der Waals surface area contributed by atoms with Gasteiger partial charge in [0.1, 0.15) is 17.4 Å². The Bertz CT molecular complexity index is 1340. The topological polar surface area (TPSA) is 57.7 Å². The lowest BCUT2D eigenvalue weighted by Gasteiger charge is -2.29. The Kier molecular flexibility index (Phi) is 5.14. The van der Waals surface area contributed by atoms with E-state index in [0.29, 0.717) is 0 Å². The fourth-order valence-electron chi connectivity index (χ4n) is 4.81. The van der Waals surface area contributed by atoms with Crippen LogP contribution in [0.15, 0.2) is 54.7 Å². The predicted octanol–water partition coefficient (Wildman–Crippen LogP) is 5.50. The molecule has 0 bridgehead atoms. The standard InChI is InChI=1S/C27H27N5/c1-4-25-30-26-18(2)13-14-29-27(26)31(25)17-20-9-12-24-22(15-20)11-10-21-7-5-6-8-23(21)32(24)19(3)16-28/h5-9,12-15,19H,4,10-11,17H2,1-3H3. The minimum Gasteiger partial charge on any atom is -0.325 e. The molecule has 0 fully saturated rings. The van der Waals surface area contributed by atoms with Crippen molar-refractivity contribution >= 4 is 22.5 Å². The Morgan fingerprint density at radius 3 is 2.66 bits per heavy atom. The van der Waals surface area contributed by atoms with Crippen LogP contribution < -0.4 is 4.90 Å². The molecule has 1 unspecified atom stereocenters. The van der Waals surface area contributed by atoms with Crippen LogP contribution >= 0.6 is 0 Å². The van der Waals surface area contributed by atoms with Gasteiger partial charge in [0.05, 0.1) is 12.6 Å². The molecule has 0 N–H and O–H groups in total. The minimum atomic E-state index is -0.240. The van der Waals surface area contributed by atoms with Crippen LogP contribution in [-0.2, 0) is 25.8 Å². The molecule has 0 saturated heterocycles. The maximum atomic E-state index is 9.73. The molecule has 0 aliphatic carbocycles. The van der Waals surface area contributed by atoms with E-state index in [9.17, 15) is 5.26 Å². The number of para-hydroxylation sites is 1.